The Morgan fingerprint density at radius 2 is 1.88 bits per heavy atom. The summed E-state index contributed by atoms with van der Waals surface area (Å²) in [5, 5.41) is 0.626. The van der Waals surface area contributed by atoms with E-state index in [-0.39, 0.29) is 5.54 Å². The van der Waals surface area contributed by atoms with Crippen LogP contribution in [0.1, 0.15) is 31.2 Å². The Labute approximate surface area is 107 Å². The lowest BCUT2D eigenvalue weighted by atomic mass is 9.89. The first-order chi connectivity index (χ1) is 8.28. The molecule has 0 unspecified atom stereocenters. The SMILES string of the molecule is NC1(c2ccccc2SC2COC2)CCCC1. The molecule has 2 N–H and O–H groups in total. The molecule has 0 aromatic heterocycles. The summed E-state index contributed by atoms with van der Waals surface area (Å²) >= 11 is 1.94. The number of benzene rings is 1. The van der Waals surface area contributed by atoms with Crippen LogP contribution in [-0.2, 0) is 10.3 Å². The van der Waals surface area contributed by atoms with Gasteiger partial charge < -0.3 is 10.5 Å². The fraction of sp³-hybridized carbons (Fsp3) is 0.571. The Balaban J connectivity index is 1.86. The van der Waals surface area contributed by atoms with Crippen LogP contribution in [0.15, 0.2) is 29.2 Å². The van der Waals surface area contributed by atoms with E-state index in [9.17, 15) is 0 Å². The van der Waals surface area contributed by atoms with Gasteiger partial charge >= 0.3 is 0 Å². The molecule has 0 amide bonds. The standard InChI is InChI=1S/C14H19NOS/c15-14(7-3-4-8-14)12-5-1-2-6-13(12)17-11-9-16-10-11/h1-2,5-6,11H,3-4,7-10,15H2. The first-order valence-electron chi connectivity index (χ1n) is 6.41. The van der Waals surface area contributed by atoms with Crippen LogP contribution in [0.2, 0.25) is 0 Å². The summed E-state index contributed by atoms with van der Waals surface area (Å²) in [6.45, 7) is 1.77. The molecule has 92 valence electrons. The van der Waals surface area contributed by atoms with Crippen LogP contribution >= 0.6 is 11.8 Å². The van der Waals surface area contributed by atoms with Crippen LogP contribution in [0.5, 0.6) is 0 Å². The van der Waals surface area contributed by atoms with E-state index in [0.717, 1.165) is 26.1 Å². The van der Waals surface area contributed by atoms with Crippen molar-refractivity contribution in [1.82, 2.24) is 0 Å². The first-order valence-corrected chi connectivity index (χ1v) is 7.29. The Morgan fingerprint density at radius 3 is 2.53 bits per heavy atom. The van der Waals surface area contributed by atoms with E-state index in [1.54, 1.807) is 0 Å². The van der Waals surface area contributed by atoms with Gasteiger partial charge in [0.05, 0.1) is 18.5 Å². The lowest BCUT2D eigenvalue weighted by Gasteiger charge is -2.30. The molecular formula is C14H19NOS. The minimum Gasteiger partial charge on any atom is -0.379 e. The average Bonchev–Trinajstić information content (AvgIpc) is 2.72. The van der Waals surface area contributed by atoms with Gasteiger partial charge in [-0.25, -0.2) is 0 Å². The van der Waals surface area contributed by atoms with Gasteiger partial charge in [-0.1, -0.05) is 31.0 Å². The second kappa shape index (κ2) is 4.63. The minimum absolute atomic E-state index is 0.0752. The van der Waals surface area contributed by atoms with Crippen molar-refractivity contribution in [3.8, 4) is 0 Å². The van der Waals surface area contributed by atoms with E-state index >= 15 is 0 Å². The summed E-state index contributed by atoms with van der Waals surface area (Å²) in [5.41, 5.74) is 7.85. The van der Waals surface area contributed by atoms with Gasteiger partial charge in [0.2, 0.25) is 0 Å². The fourth-order valence-corrected chi connectivity index (χ4v) is 3.96. The van der Waals surface area contributed by atoms with Crippen molar-refractivity contribution in [2.75, 3.05) is 13.2 Å². The van der Waals surface area contributed by atoms with Crippen molar-refractivity contribution < 1.29 is 4.74 Å². The van der Waals surface area contributed by atoms with E-state index in [4.69, 9.17) is 10.5 Å². The summed E-state index contributed by atoms with van der Waals surface area (Å²) in [7, 11) is 0. The summed E-state index contributed by atoms with van der Waals surface area (Å²) in [6, 6.07) is 8.66. The van der Waals surface area contributed by atoms with Gasteiger partial charge in [0.15, 0.2) is 0 Å². The van der Waals surface area contributed by atoms with Crippen molar-refractivity contribution in [2.45, 2.75) is 41.4 Å². The maximum absolute atomic E-state index is 6.57. The third kappa shape index (κ3) is 2.24. The predicted molar refractivity (Wildman–Crippen MR) is 71.2 cm³/mol. The summed E-state index contributed by atoms with van der Waals surface area (Å²) in [5.74, 6) is 0. The Hall–Kier alpha value is -0.510. The second-order valence-corrected chi connectivity index (χ2v) is 6.48. The third-order valence-corrected chi connectivity index (χ3v) is 5.04. The van der Waals surface area contributed by atoms with Gasteiger partial charge in [-0.15, -0.1) is 11.8 Å². The molecule has 1 aliphatic heterocycles. The highest BCUT2D eigenvalue weighted by Crippen LogP contribution is 2.42. The second-order valence-electron chi connectivity index (χ2n) is 5.14. The molecule has 1 heterocycles. The maximum atomic E-state index is 6.57. The fourth-order valence-electron chi connectivity index (χ4n) is 2.72. The van der Waals surface area contributed by atoms with Crippen molar-refractivity contribution >= 4 is 11.8 Å². The highest BCUT2D eigenvalue weighted by molar-refractivity contribution is 8.00. The van der Waals surface area contributed by atoms with Crippen LogP contribution in [-0.4, -0.2) is 18.5 Å². The molecule has 3 rings (SSSR count). The van der Waals surface area contributed by atoms with Gasteiger partial charge in [-0.2, -0.15) is 0 Å². The lowest BCUT2D eigenvalue weighted by molar-refractivity contribution is 0.0455. The van der Waals surface area contributed by atoms with Crippen molar-refractivity contribution in [3.63, 3.8) is 0 Å². The van der Waals surface area contributed by atoms with Crippen LogP contribution < -0.4 is 5.73 Å². The number of thioether (sulfide) groups is 1. The molecule has 1 aromatic rings. The Kier molecular flexibility index (Phi) is 3.16. The molecule has 2 aliphatic rings. The molecular weight excluding hydrogens is 230 g/mol. The molecule has 0 bridgehead atoms. The smallest absolute Gasteiger partial charge is 0.0611 e. The molecule has 0 atom stereocenters. The van der Waals surface area contributed by atoms with Crippen LogP contribution in [0.3, 0.4) is 0 Å². The summed E-state index contributed by atoms with van der Waals surface area (Å²) < 4.78 is 5.25. The van der Waals surface area contributed by atoms with Gasteiger partial charge in [0, 0.05) is 10.4 Å². The van der Waals surface area contributed by atoms with Crippen LogP contribution in [0.25, 0.3) is 0 Å². The molecule has 0 radical (unpaired) electrons. The van der Waals surface area contributed by atoms with Crippen LogP contribution in [0.4, 0.5) is 0 Å². The van der Waals surface area contributed by atoms with Crippen molar-refractivity contribution in [3.05, 3.63) is 29.8 Å². The van der Waals surface area contributed by atoms with Crippen molar-refractivity contribution in [1.29, 1.82) is 0 Å². The molecule has 2 nitrogen and oxygen atoms in total. The molecule has 17 heavy (non-hydrogen) atoms. The summed E-state index contributed by atoms with van der Waals surface area (Å²) in [6.07, 6.45) is 4.79. The van der Waals surface area contributed by atoms with Gasteiger partial charge in [0.25, 0.3) is 0 Å². The predicted octanol–water partition coefficient (Wildman–Crippen LogP) is 2.91. The number of hydrogen-bond donors (Lipinski definition) is 1. The van der Waals surface area contributed by atoms with E-state index in [2.05, 4.69) is 24.3 Å². The van der Waals surface area contributed by atoms with E-state index in [1.165, 1.54) is 23.3 Å². The topological polar surface area (TPSA) is 35.2 Å². The quantitative estimate of drug-likeness (QED) is 0.894. The molecule has 1 aromatic carbocycles. The number of rotatable bonds is 3. The monoisotopic (exact) mass is 249 g/mol. The zero-order chi connectivity index (χ0) is 11.7. The lowest BCUT2D eigenvalue weighted by Crippen LogP contribution is -2.35. The maximum Gasteiger partial charge on any atom is 0.0611 e. The first kappa shape index (κ1) is 11.6. The Bertz CT molecular complexity index is 397. The minimum atomic E-state index is -0.0752. The van der Waals surface area contributed by atoms with Gasteiger partial charge in [0.1, 0.15) is 0 Å². The molecule has 2 fully saturated rings. The van der Waals surface area contributed by atoms with E-state index in [1.807, 2.05) is 11.8 Å². The molecule has 1 saturated carbocycles. The Morgan fingerprint density at radius 1 is 1.18 bits per heavy atom. The van der Waals surface area contributed by atoms with Crippen LogP contribution in [0, 0.1) is 0 Å². The molecule has 1 aliphatic carbocycles. The van der Waals surface area contributed by atoms with E-state index < -0.39 is 0 Å². The zero-order valence-corrected chi connectivity index (χ0v) is 10.8. The number of nitrogens with two attached hydrogens (primary N) is 1. The van der Waals surface area contributed by atoms with Crippen molar-refractivity contribution in [2.24, 2.45) is 5.73 Å². The molecule has 3 heteroatoms. The normalized spacial score (nSPS) is 23.6. The third-order valence-electron chi connectivity index (χ3n) is 3.82. The van der Waals surface area contributed by atoms with Gasteiger partial charge in [-0.3, -0.25) is 0 Å². The number of hydrogen-bond acceptors (Lipinski definition) is 3. The van der Waals surface area contributed by atoms with E-state index in [0.29, 0.717) is 5.25 Å². The molecule has 1 saturated heterocycles. The average molecular weight is 249 g/mol. The number of ether oxygens (including phenoxy) is 1. The molecule has 0 spiro atoms. The largest absolute Gasteiger partial charge is 0.379 e. The summed E-state index contributed by atoms with van der Waals surface area (Å²) in [4.78, 5) is 1.37. The zero-order valence-electron chi connectivity index (χ0n) is 10.0. The highest BCUT2D eigenvalue weighted by Gasteiger charge is 2.34. The highest BCUT2D eigenvalue weighted by atomic mass is 32.2. The van der Waals surface area contributed by atoms with Gasteiger partial charge in [-0.05, 0) is 24.5 Å².